The Morgan fingerprint density at radius 2 is 2.15 bits per heavy atom. The van der Waals surface area contributed by atoms with Crippen molar-refractivity contribution in [2.45, 2.75) is 26.3 Å². The van der Waals surface area contributed by atoms with Crippen LogP contribution in [0.2, 0.25) is 0 Å². The highest BCUT2D eigenvalue weighted by Gasteiger charge is 2.10. The standard InChI is InChI=1S/C14H25N3O3/c1-3-17-11-12(15)10-13(17)14(18)16-6-4-5-7-20-9-8-19-2/h10-11H,3-9,15H2,1-2H3,(H,16,18). The number of ether oxygens (including phenoxy) is 2. The van der Waals surface area contributed by atoms with E-state index in [9.17, 15) is 4.79 Å². The van der Waals surface area contributed by atoms with Crippen LogP contribution in [0, 0.1) is 0 Å². The van der Waals surface area contributed by atoms with E-state index >= 15 is 0 Å². The van der Waals surface area contributed by atoms with Gasteiger partial charge < -0.3 is 25.1 Å². The molecule has 0 aliphatic rings. The van der Waals surface area contributed by atoms with Crippen molar-refractivity contribution in [2.75, 3.05) is 39.2 Å². The number of nitrogens with two attached hydrogens (primary N) is 1. The molecule has 1 amide bonds. The SMILES string of the molecule is CCn1cc(N)cc1C(=O)NCCCCOCCOC. The van der Waals surface area contributed by atoms with Crippen molar-refractivity contribution in [1.29, 1.82) is 0 Å². The zero-order chi connectivity index (χ0) is 14.8. The third kappa shape index (κ3) is 5.63. The molecule has 0 saturated carbocycles. The van der Waals surface area contributed by atoms with Crippen molar-refractivity contribution >= 4 is 11.6 Å². The maximum atomic E-state index is 12.0. The fraction of sp³-hybridized carbons (Fsp3) is 0.643. The van der Waals surface area contributed by atoms with Crippen LogP contribution in [0.5, 0.6) is 0 Å². The number of aromatic nitrogens is 1. The monoisotopic (exact) mass is 283 g/mol. The zero-order valence-electron chi connectivity index (χ0n) is 12.4. The molecule has 0 fully saturated rings. The molecule has 0 atom stereocenters. The lowest BCUT2D eigenvalue weighted by Gasteiger charge is -2.08. The second-order valence-electron chi connectivity index (χ2n) is 4.51. The minimum Gasteiger partial charge on any atom is -0.397 e. The topological polar surface area (TPSA) is 78.5 Å². The second-order valence-corrected chi connectivity index (χ2v) is 4.51. The molecule has 6 nitrogen and oxygen atoms in total. The Balaban J connectivity index is 2.17. The summed E-state index contributed by atoms with van der Waals surface area (Å²) in [4.78, 5) is 12.0. The molecule has 0 saturated heterocycles. The van der Waals surface area contributed by atoms with E-state index in [2.05, 4.69) is 5.32 Å². The normalized spacial score (nSPS) is 10.7. The average Bonchev–Trinajstić information content (AvgIpc) is 2.83. The van der Waals surface area contributed by atoms with E-state index in [-0.39, 0.29) is 5.91 Å². The molecular weight excluding hydrogens is 258 g/mol. The van der Waals surface area contributed by atoms with Crippen LogP contribution < -0.4 is 11.1 Å². The number of nitrogens with one attached hydrogen (secondary N) is 1. The largest absolute Gasteiger partial charge is 0.397 e. The summed E-state index contributed by atoms with van der Waals surface area (Å²) in [5.74, 6) is -0.0798. The Hall–Kier alpha value is -1.53. The summed E-state index contributed by atoms with van der Waals surface area (Å²) in [7, 11) is 1.65. The molecule has 0 bridgehead atoms. The summed E-state index contributed by atoms with van der Waals surface area (Å²) in [6.07, 6.45) is 3.58. The molecule has 3 N–H and O–H groups in total. The number of rotatable bonds is 10. The van der Waals surface area contributed by atoms with Gasteiger partial charge in [-0.15, -0.1) is 0 Å². The smallest absolute Gasteiger partial charge is 0.267 e. The van der Waals surface area contributed by atoms with Gasteiger partial charge in [0, 0.05) is 33.0 Å². The summed E-state index contributed by atoms with van der Waals surface area (Å²) in [6.45, 7) is 5.28. The number of unbranched alkanes of at least 4 members (excludes halogenated alkanes) is 1. The van der Waals surface area contributed by atoms with Crippen LogP contribution in [0.3, 0.4) is 0 Å². The van der Waals surface area contributed by atoms with Crippen molar-refractivity contribution in [3.8, 4) is 0 Å². The highest BCUT2D eigenvalue weighted by molar-refractivity contribution is 5.93. The molecule has 0 aliphatic carbocycles. The van der Waals surface area contributed by atoms with Gasteiger partial charge in [0.05, 0.1) is 18.9 Å². The first-order valence-electron chi connectivity index (χ1n) is 6.99. The van der Waals surface area contributed by atoms with Crippen LogP contribution >= 0.6 is 0 Å². The molecule has 0 unspecified atom stereocenters. The van der Waals surface area contributed by atoms with Gasteiger partial charge in [0.15, 0.2) is 0 Å². The van der Waals surface area contributed by atoms with Gasteiger partial charge >= 0.3 is 0 Å². The lowest BCUT2D eigenvalue weighted by molar-refractivity contribution is 0.0686. The summed E-state index contributed by atoms with van der Waals surface area (Å²) >= 11 is 0. The van der Waals surface area contributed by atoms with Gasteiger partial charge in [-0.2, -0.15) is 0 Å². The summed E-state index contributed by atoms with van der Waals surface area (Å²) < 4.78 is 12.1. The molecule has 0 aliphatic heterocycles. The first-order valence-corrected chi connectivity index (χ1v) is 6.99. The summed E-state index contributed by atoms with van der Waals surface area (Å²) in [6, 6.07) is 1.70. The van der Waals surface area contributed by atoms with E-state index in [1.165, 1.54) is 0 Å². The molecule has 0 aromatic carbocycles. The van der Waals surface area contributed by atoms with Gasteiger partial charge in [0.2, 0.25) is 0 Å². The molecule has 114 valence electrons. The molecular formula is C14H25N3O3. The van der Waals surface area contributed by atoms with E-state index in [4.69, 9.17) is 15.2 Å². The van der Waals surface area contributed by atoms with Gasteiger partial charge in [-0.3, -0.25) is 4.79 Å². The predicted molar refractivity (Wildman–Crippen MR) is 78.8 cm³/mol. The Kier molecular flexibility index (Phi) is 7.75. The number of carbonyl (C=O) groups is 1. The van der Waals surface area contributed by atoms with Gasteiger partial charge in [-0.05, 0) is 25.8 Å². The maximum Gasteiger partial charge on any atom is 0.267 e. The lowest BCUT2D eigenvalue weighted by atomic mass is 10.3. The van der Waals surface area contributed by atoms with Crippen molar-refractivity contribution in [2.24, 2.45) is 0 Å². The number of amides is 1. The zero-order valence-corrected chi connectivity index (χ0v) is 12.4. The van der Waals surface area contributed by atoms with Crippen molar-refractivity contribution < 1.29 is 14.3 Å². The number of hydrogen-bond donors (Lipinski definition) is 2. The van der Waals surface area contributed by atoms with E-state index in [0.717, 1.165) is 19.4 Å². The minimum atomic E-state index is -0.0798. The third-order valence-electron chi connectivity index (χ3n) is 2.92. The molecule has 1 heterocycles. The number of nitrogen functional groups attached to an aromatic ring is 1. The summed E-state index contributed by atoms with van der Waals surface area (Å²) in [5.41, 5.74) is 6.93. The first-order chi connectivity index (χ1) is 9.69. The molecule has 1 rings (SSSR count). The second kappa shape index (κ2) is 9.39. The number of aryl methyl sites for hydroxylation is 1. The Bertz CT molecular complexity index is 404. The molecule has 6 heteroatoms. The van der Waals surface area contributed by atoms with Crippen LogP contribution in [-0.4, -0.2) is 43.9 Å². The van der Waals surface area contributed by atoms with E-state index < -0.39 is 0 Å². The van der Waals surface area contributed by atoms with Crippen LogP contribution in [0.15, 0.2) is 12.3 Å². The van der Waals surface area contributed by atoms with Crippen molar-refractivity contribution in [1.82, 2.24) is 9.88 Å². The van der Waals surface area contributed by atoms with Crippen molar-refractivity contribution in [3.05, 3.63) is 18.0 Å². The predicted octanol–water partition coefficient (Wildman–Crippen LogP) is 1.26. The Labute approximate surface area is 120 Å². The van der Waals surface area contributed by atoms with E-state index in [1.807, 2.05) is 11.5 Å². The first kappa shape index (κ1) is 16.5. The average molecular weight is 283 g/mol. The van der Waals surface area contributed by atoms with Crippen LogP contribution in [0.1, 0.15) is 30.3 Å². The molecule has 1 aromatic rings. The maximum absolute atomic E-state index is 12.0. The van der Waals surface area contributed by atoms with Crippen molar-refractivity contribution in [3.63, 3.8) is 0 Å². The fourth-order valence-electron chi connectivity index (χ4n) is 1.85. The number of carbonyl (C=O) groups excluding carboxylic acids is 1. The molecule has 0 radical (unpaired) electrons. The number of hydrogen-bond acceptors (Lipinski definition) is 4. The van der Waals surface area contributed by atoms with Gasteiger partial charge in [0.25, 0.3) is 5.91 Å². The Morgan fingerprint density at radius 1 is 1.35 bits per heavy atom. The fourth-order valence-corrected chi connectivity index (χ4v) is 1.85. The summed E-state index contributed by atoms with van der Waals surface area (Å²) in [5, 5.41) is 2.89. The molecule has 0 spiro atoms. The van der Waals surface area contributed by atoms with E-state index in [1.54, 1.807) is 19.4 Å². The third-order valence-corrected chi connectivity index (χ3v) is 2.92. The quantitative estimate of drug-likeness (QED) is 0.634. The van der Waals surface area contributed by atoms with Crippen LogP contribution in [0.25, 0.3) is 0 Å². The molecule has 20 heavy (non-hydrogen) atoms. The minimum absolute atomic E-state index is 0.0798. The van der Waals surface area contributed by atoms with Crippen LogP contribution in [-0.2, 0) is 16.0 Å². The molecule has 1 aromatic heterocycles. The number of anilines is 1. The van der Waals surface area contributed by atoms with Gasteiger partial charge in [-0.1, -0.05) is 0 Å². The number of nitrogens with zero attached hydrogens (tertiary/aromatic N) is 1. The number of methoxy groups -OCH3 is 1. The highest BCUT2D eigenvalue weighted by atomic mass is 16.5. The Morgan fingerprint density at radius 3 is 2.85 bits per heavy atom. The van der Waals surface area contributed by atoms with Gasteiger partial charge in [-0.25, -0.2) is 0 Å². The van der Waals surface area contributed by atoms with Gasteiger partial charge in [0.1, 0.15) is 5.69 Å². The van der Waals surface area contributed by atoms with Crippen LogP contribution in [0.4, 0.5) is 5.69 Å². The highest BCUT2D eigenvalue weighted by Crippen LogP contribution is 2.10. The van der Waals surface area contributed by atoms with E-state index in [0.29, 0.717) is 37.7 Å². The lowest BCUT2D eigenvalue weighted by Crippen LogP contribution is -2.26.